The van der Waals surface area contributed by atoms with Crippen LogP contribution in [0.2, 0.25) is 0 Å². The van der Waals surface area contributed by atoms with E-state index in [0.29, 0.717) is 17.2 Å². The number of fused-ring (bicyclic) bond motifs is 1. The molecule has 7 heteroatoms. The van der Waals surface area contributed by atoms with E-state index in [1.165, 1.54) is 4.90 Å². The van der Waals surface area contributed by atoms with Crippen molar-refractivity contribution < 1.29 is 13.9 Å². The number of benzene rings is 1. The van der Waals surface area contributed by atoms with Gasteiger partial charge in [0.05, 0.1) is 25.2 Å². The number of hydrogen-bond acceptors (Lipinski definition) is 5. The van der Waals surface area contributed by atoms with E-state index in [-0.39, 0.29) is 19.6 Å². The van der Waals surface area contributed by atoms with Crippen LogP contribution in [0.3, 0.4) is 0 Å². The van der Waals surface area contributed by atoms with Crippen molar-refractivity contribution >= 4 is 16.7 Å². The van der Waals surface area contributed by atoms with Crippen LogP contribution in [0.25, 0.3) is 10.9 Å². The third kappa shape index (κ3) is 2.79. The van der Waals surface area contributed by atoms with Crippen molar-refractivity contribution in [3.05, 3.63) is 30.1 Å². The van der Waals surface area contributed by atoms with Crippen molar-refractivity contribution in [3.63, 3.8) is 0 Å². The highest BCUT2D eigenvalue weighted by Crippen LogP contribution is 2.32. The smallest absolute Gasteiger partial charge is 0.262 e. The lowest BCUT2D eigenvalue weighted by Crippen LogP contribution is -2.33. The predicted octanol–water partition coefficient (Wildman–Crippen LogP) is 1.41. The number of aromatic nitrogens is 2. The zero-order valence-electron chi connectivity index (χ0n) is 11.3. The van der Waals surface area contributed by atoms with Gasteiger partial charge in [-0.2, -0.15) is 0 Å². The van der Waals surface area contributed by atoms with Gasteiger partial charge in [0, 0.05) is 17.8 Å². The molecule has 0 amide bonds. The standard InChI is InChI=1S/C14H16F2N4O/c15-14(16)5-9(7-21)20(8-14)6-12-18-11-4-2-1-3-10(11)13(17)19-12/h1-4,9,21H,5-8H2,(H2,17,18,19). The van der Waals surface area contributed by atoms with Crippen LogP contribution < -0.4 is 5.73 Å². The number of aliphatic hydroxyl groups is 1. The number of alkyl halides is 2. The summed E-state index contributed by atoms with van der Waals surface area (Å²) in [6.45, 7) is -0.553. The van der Waals surface area contributed by atoms with E-state index in [4.69, 9.17) is 5.73 Å². The lowest BCUT2D eigenvalue weighted by Gasteiger charge is -2.21. The SMILES string of the molecule is Nc1nc(CN2CC(F)(F)CC2CO)nc2ccccc12. The summed E-state index contributed by atoms with van der Waals surface area (Å²) in [5.41, 5.74) is 6.57. The molecular formula is C14H16F2N4O. The highest BCUT2D eigenvalue weighted by atomic mass is 19.3. The predicted molar refractivity (Wildman–Crippen MR) is 74.8 cm³/mol. The summed E-state index contributed by atoms with van der Waals surface area (Å²) in [6.07, 6.45) is -0.341. The number of hydrogen-bond donors (Lipinski definition) is 2. The number of halogens is 2. The van der Waals surface area contributed by atoms with Crippen LogP contribution in [0.15, 0.2) is 24.3 Å². The Kier molecular flexibility index (Phi) is 3.46. The molecule has 0 spiro atoms. The van der Waals surface area contributed by atoms with E-state index >= 15 is 0 Å². The van der Waals surface area contributed by atoms with Crippen LogP contribution in [0, 0.1) is 0 Å². The van der Waals surface area contributed by atoms with Crippen LogP contribution in [0.4, 0.5) is 14.6 Å². The first kappa shape index (κ1) is 14.1. The minimum atomic E-state index is -2.78. The van der Waals surface area contributed by atoms with Gasteiger partial charge in [0.1, 0.15) is 11.6 Å². The Hall–Kier alpha value is -1.86. The van der Waals surface area contributed by atoms with Crippen molar-refractivity contribution in [3.8, 4) is 0 Å². The average molecular weight is 294 g/mol. The number of anilines is 1. The molecule has 0 saturated carbocycles. The molecule has 1 unspecified atom stereocenters. The molecule has 5 nitrogen and oxygen atoms in total. The first-order chi connectivity index (χ1) is 9.98. The number of aliphatic hydroxyl groups excluding tert-OH is 1. The lowest BCUT2D eigenvalue weighted by atomic mass is 10.2. The maximum Gasteiger partial charge on any atom is 0.262 e. The summed E-state index contributed by atoms with van der Waals surface area (Å²) < 4.78 is 26.9. The number of nitrogens with zero attached hydrogens (tertiary/aromatic N) is 3. The van der Waals surface area contributed by atoms with E-state index in [1.54, 1.807) is 6.07 Å². The number of para-hydroxylation sites is 1. The van der Waals surface area contributed by atoms with Gasteiger partial charge in [-0.25, -0.2) is 18.7 Å². The van der Waals surface area contributed by atoms with Crippen LogP contribution >= 0.6 is 0 Å². The van der Waals surface area contributed by atoms with Crippen LogP contribution in [0.5, 0.6) is 0 Å². The van der Waals surface area contributed by atoms with Gasteiger partial charge in [-0.05, 0) is 12.1 Å². The Bertz CT molecular complexity index is 664. The van der Waals surface area contributed by atoms with E-state index in [0.717, 1.165) is 5.39 Å². The zero-order valence-corrected chi connectivity index (χ0v) is 11.3. The maximum absolute atomic E-state index is 13.4. The fraction of sp³-hybridized carbons (Fsp3) is 0.429. The molecule has 112 valence electrons. The second-order valence-corrected chi connectivity index (χ2v) is 5.34. The quantitative estimate of drug-likeness (QED) is 0.895. The highest BCUT2D eigenvalue weighted by Gasteiger charge is 2.44. The molecule has 2 heterocycles. The molecule has 1 aliphatic heterocycles. The normalized spacial score (nSPS) is 22.0. The minimum absolute atomic E-state index is 0.149. The van der Waals surface area contributed by atoms with Crippen molar-refractivity contribution in [2.24, 2.45) is 0 Å². The Morgan fingerprint density at radius 2 is 2.10 bits per heavy atom. The fourth-order valence-electron chi connectivity index (χ4n) is 2.73. The van der Waals surface area contributed by atoms with Gasteiger partial charge < -0.3 is 10.8 Å². The topological polar surface area (TPSA) is 75.3 Å². The van der Waals surface area contributed by atoms with Gasteiger partial charge in [-0.15, -0.1) is 0 Å². The lowest BCUT2D eigenvalue weighted by molar-refractivity contribution is 0.0110. The average Bonchev–Trinajstić information content (AvgIpc) is 2.73. The molecule has 3 N–H and O–H groups in total. The molecule has 1 saturated heterocycles. The summed E-state index contributed by atoms with van der Waals surface area (Å²) >= 11 is 0. The van der Waals surface area contributed by atoms with Crippen molar-refractivity contribution in [2.75, 3.05) is 18.9 Å². The Morgan fingerprint density at radius 1 is 1.33 bits per heavy atom. The van der Waals surface area contributed by atoms with Gasteiger partial charge in [-0.1, -0.05) is 12.1 Å². The highest BCUT2D eigenvalue weighted by molar-refractivity contribution is 5.87. The van der Waals surface area contributed by atoms with E-state index < -0.39 is 18.5 Å². The van der Waals surface area contributed by atoms with Gasteiger partial charge in [0.15, 0.2) is 0 Å². The maximum atomic E-state index is 13.4. The molecule has 1 aromatic heterocycles. The second-order valence-electron chi connectivity index (χ2n) is 5.34. The summed E-state index contributed by atoms with van der Waals surface area (Å²) in [5, 5.41) is 9.97. The monoisotopic (exact) mass is 294 g/mol. The van der Waals surface area contributed by atoms with Crippen LogP contribution in [-0.4, -0.2) is 45.1 Å². The third-order valence-corrected chi connectivity index (χ3v) is 3.72. The van der Waals surface area contributed by atoms with Gasteiger partial charge in [-0.3, -0.25) is 4.90 Å². The van der Waals surface area contributed by atoms with Crippen LogP contribution in [-0.2, 0) is 6.54 Å². The van der Waals surface area contributed by atoms with Gasteiger partial charge in [0.2, 0.25) is 0 Å². The molecule has 1 aromatic carbocycles. The first-order valence-corrected chi connectivity index (χ1v) is 6.72. The molecular weight excluding hydrogens is 278 g/mol. The van der Waals surface area contributed by atoms with Crippen molar-refractivity contribution in [1.82, 2.24) is 14.9 Å². The number of nitrogens with two attached hydrogens (primary N) is 1. The van der Waals surface area contributed by atoms with E-state index in [9.17, 15) is 13.9 Å². The first-order valence-electron chi connectivity index (χ1n) is 6.72. The molecule has 0 bridgehead atoms. The Labute approximate surface area is 120 Å². The van der Waals surface area contributed by atoms with E-state index in [2.05, 4.69) is 9.97 Å². The van der Waals surface area contributed by atoms with Gasteiger partial charge in [0.25, 0.3) is 5.92 Å². The Balaban J connectivity index is 1.88. The van der Waals surface area contributed by atoms with Crippen LogP contribution in [0.1, 0.15) is 12.2 Å². The Morgan fingerprint density at radius 3 is 2.86 bits per heavy atom. The molecule has 1 atom stereocenters. The fourth-order valence-corrected chi connectivity index (χ4v) is 2.73. The number of rotatable bonds is 3. The molecule has 1 aliphatic rings. The summed E-state index contributed by atoms with van der Waals surface area (Å²) in [4.78, 5) is 10.0. The zero-order chi connectivity index (χ0) is 15.0. The molecule has 3 rings (SSSR count). The molecule has 0 radical (unpaired) electrons. The summed E-state index contributed by atoms with van der Waals surface area (Å²) in [6, 6.07) is 6.72. The van der Waals surface area contributed by atoms with Gasteiger partial charge >= 0.3 is 0 Å². The summed E-state index contributed by atoms with van der Waals surface area (Å²) in [7, 11) is 0. The van der Waals surface area contributed by atoms with Crippen molar-refractivity contribution in [2.45, 2.75) is 24.9 Å². The van der Waals surface area contributed by atoms with E-state index in [1.807, 2.05) is 18.2 Å². The molecule has 21 heavy (non-hydrogen) atoms. The molecule has 2 aromatic rings. The summed E-state index contributed by atoms with van der Waals surface area (Å²) in [5.74, 6) is -2.06. The number of nitrogen functional groups attached to an aromatic ring is 1. The molecule has 0 aliphatic carbocycles. The minimum Gasteiger partial charge on any atom is -0.395 e. The van der Waals surface area contributed by atoms with Crippen molar-refractivity contribution in [1.29, 1.82) is 0 Å². The second kappa shape index (κ2) is 5.16. The number of likely N-dealkylation sites (tertiary alicyclic amines) is 1. The molecule has 1 fully saturated rings. The largest absolute Gasteiger partial charge is 0.395 e. The third-order valence-electron chi connectivity index (χ3n) is 3.72.